The van der Waals surface area contributed by atoms with Gasteiger partial charge < -0.3 is 19.1 Å². The number of H-pyrrole nitrogens is 2. The van der Waals surface area contributed by atoms with Crippen molar-refractivity contribution >= 4 is 65.5 Å². The second-order valence-electron chi connectivity index (χ2n) is 17.5. The van der Waals surface area contributed by atoms with Gasteiger partial charge in [0, 0.05) is 47.3 Å². The second-order valence-corrected chi connectivity index (χ2v) is 21.9. The maximum atomic E-state index is 15.0. The van der Waals surface area contributed by atoms with Crippen LogP contribution in [0.3, 0.4) is 0 Å². The second kappa shape index (κ2) is 17.9. The summed E-state index contributed by atoms with van der Waals surface area (Å²) in [5.41, 5.74) is 10.1. The molecule has 0 aromatic carbocycles. The molecule has 1 unspecified atom stereocenters. The lowest BCUT2D eigenvalue weighted by atomic mass is 9.83. The molecule has 0 saturated heterocycles. The monoisotopic (exact) mass is 859 g/mol. The third-order valence-corrected chi connectivity index (χ3v) is 13.3. The molecule has 0 aliphatic carbocycles. The Morgan fingerprint density at radius 1 is 0.902 bits per heavy atom. The van der Waals surface area contributed by atoms with Gasteiger partial charge in [-0.1, -0.05) is 53.0 Å². The van der Waals surface area contributed by atoms with Crippen LogP contribution in [-0.2, 0) is 14.0 Å². The van der Waals surface area contributed by atoms with E-state index in [0.717, 1.165) is 59.0 Å². The van der Waals surface area contributed by atoms with Gasteiger partial charge in [-0.3, -0.25) is 19.3 Å². The summed E-state index contributed by atoms with van der Waals surface area (Å²) in [4.78, 5) is 61.0. The number of aromatic nitrogens is 4. The lowest BCUT2D eigenvalue weighted by molar-refractivity contribution is -0.182. The number of fused-ring (bicyclic) bond motifs is 8. The van der Waals surface area contributed by atoms with Crippen molar-refractivity contribution in [2.75, 3.05) is 13.7 Å². The number of aromatic amines is 2. The molecule has 6 rings (SSSR count). The Balaban J connectivity index is 1.82. The van der Waals surface area contributed by atoms with E-state index in [-0.39, 0.29) is 24.9 Å². The first kappa shape index (κ1) is 45.7. The number of imide groups is 1. The average Bonchev–Trinajstić information content (AvgIpc) is 3.88. The average molecular weight is 860 g/mol. The summed E-state index contributed by atoms with van der Waals surface area (Å²) in [6.07, 6.45) is 0.587. The van der Waals surface area contributed by atoms with Gasteiger partial charge in [-0.15, -0.1) is 0 Å². The van der Waals surface area contributed by atoms with Crippen LogP contribution >= 0.6 is 0 Å². The lowest BCUT2D eigenvalue weighted by Crippen LogP contribution is -2.41. The summed E-state index contributed by atoms with van der Waals surface area (Å²) >= 11 is 0. The number of unbranched alkanes of at least 4 members (excludes halogenated alkanes) is 3. The molecule has 0 fully saturated rings. The van der Waals surface area contributed by atoms with E-state index in [0.29, 0.717) is 69.8 Å². The van der Waals surface area contributed by atoms with E-state index in [2.05, 4.69) is 23.8 Å². The van der Waals surface area contributed by atoms with Crippen LogP contribution < -0.4 is 0 Å². The molecule has 2 amide bonds. The molecule has 2 aromatic heterocycles. The normalized spacial score (nSPS) is 18.2. The summed E-state index contributed by atoms with van der Waals surface area (Å²) in [5, 5.41) is 0. The van der Waals surface area contributed by atoms with E-state index in [1.54, 1.807) is 19.6 Å². The molecular formula is C47H60F3N5O5Si. The van der Waals surface area contributed by atoms with E-state index >= 15 is 4.79 Å². The molecule has 2 N–H and O–H groups in total. The molecule has 0 spiro atoms. The molecule has 328 valence electrons. The van der Waals surface area contributed by atoms with Crippen LogP contribution in [0.1, 0.15) is 171 Å². The highest BCUT2D eigenvalue weighted by Gasteiger charge is 2.43. The SMILES string of the molecule is CCCCCCN1C(=O)c2c3[nH]c(c(/C=C/C(O[Si](C)(C)C)C(F)(F)F)c4nc(cc5nc(cc6[nH]c2c(c6C)C1=O)C(CC)=C5C)C(CC)=C4C)[C@@H](C)[C@@H]3CCC(=O)OC. The fraction of sp³-hybridized carbons (Fsp3) is 0.511. The van der Waals surface area contributed by atoms with Crippen LogP contribution in [0.4, 0.5) is 13.2 Å². The number of aryl methyl sites for hydroxylation is 1. The van der Waals surface area contributed by atoms with Crippen LogP contribution in [0.2, 0.25) is 19.6 Å². The molecule has 8 bridgehead atoms. The molecule has 2 aromatic rings. The standard InChI is InChI=1S/C47H60F3N5O5Si/c1-12-15-16-17-22-55-45(57)39-28(7)34-24-35-29(13-2)25(4)33(51-35)23-36-30(14-3)26(5)41(53-36)32(18-20-37(47(48,49)50)60-61(9,10)11)42-27(6)31(19-21-38(56)59-8)43(54-42)40(46(55)58)44(39)52-34/h18,20,23-24,27,31,37,52,54H,12-17,19,21-22H2,1-11H3/b20-18+,35-24?,36-23?,42-32?,43-40?/t27-,31-,37?/m0/s1. The Labute approximate surface area is 357 Å². The molecule has 6 heterocycles. The van der Waals surface area contributed by atoms with Crippen LogP contribution in [-0.4, -0.2) is 76.9 Å². The number of carbonyl (C=O) groups is 3. The lowest BCUT2D eigenvalue weighted by Gasteiger charge is -2.27. The number of amides is 2. The molecule has 61 heavy (non-hydrogen) atoms. The van der Waals surface area contributed by atoms with E-state index in [9.17, 15) is 22.8 Å². The third-order valence-electron chi connectivity index (χ3n) is 12.3. The Morgan fingerprint density at radius 2 is 1.56 bits per heavy atom. The van der Waals surface area contributed by atoms with Crippen LogP contribution in [0.5, 0.6) is 0 Å². The number of halogens is 3. The van der Waals surface area contributed by atoms with Crippen LogP contribution in [0.25, 0.3) is 39.4 Å². The van der Waals surface area contributed by atoms with Crippen molar-refractivity contribution in [2.45, 2.75) is 144 Å². The van der Waals surface area contributed by atoms with Gasteiger partial charge in [-0.2, -0.15) is 13.2 Å². The summed E-state index contributed by atoms with van der Waals surface area (Å²) in [6.45, 7) is 19.3. The number of nitrogens with one attached hydrogen (secondary N) is 2. The van der Waals surface area contributed by atoms with E-state index < -0.39 is 50.2 Å². The highest BCUT2D eigenvalue weighted by Crippen LogP contribution is 2.47. The molecule has 4 aliphatic rings. The Kier molecular flexibility index (Phi) is 13.4. The fourth-order valence-electron chi connectivity index (χ4n) is 9.08. The predicted molar refractivity (Wildman–Crippen MR) is 238 cm³/mol. The van der Waals surface area contributed by atoms with Crippen molar-refractivity contribution in [1.29, 1.82) is 0 Å². The topological polar surface area (TPSA) is 130 Å². The Morgan fingerprint density at radius 3 is 2.18 bits per heavy atom. The number of rotatable bonds is 14. The highest BCUT2D eigenvalue weighted by molar-refractivity contribution is 6.69. The maximum Gasteiger partial charge on any atom is 0.417 e. The summed E-state index contributed by atoms with van der Waals surface area (Å²) in [6, 6.07) is 3.89. The minimum atomic E-state index is -4.69. The van der Waals surface area contributed by atoms with Crippen molar-refractivity contribution in [2.24, 2.45) is 0 Å². The molecule has 0 saturated carbocycles. The fourth-order valence-corrected chi connectivity index (χ4v) is 10.0. The molecule has 14 heteroatoms. The number of alkyl halides is 3. The summed E-state index contributed by atoms with van der Waals surface area (Å²) in [5.74, 6) is -2.28. The smallest absolute Gasteiger partial charge is 0.417 e. The quantitative estimate of drug-likeness (QED) is 0.0837. The zero-order chi connectivity index (χ0) is 44.7. The minimum absolute atomic E-state index is 0.0166. The predicted octanol–water partition coefficient (Wildman–Crippen LogP) is 11.8. The Hall–Kier alpha value is -4.82. The molecule has 4 aliphatic heterocycles. The van der Waals surface area contributed by atoms with Crippen molar-refractivity contribution in [1.82, 2.24) is 24.8 Å². The van der Waals surface area contributed by atoms with E-state index in [1.807, 2.05) is 46.8 Å². The molecular weight excluding hydrogens is 800 g/mol. The number of hydrogen-bond acceptors (Lipinski definition) is 7. The van der Waals surface area contributed by atoms with Gasteiger partial charge in [0.05, 0.1) is 46.5 Å². The van der Waals surface area contributed by atoms with E-state index in [1.165, 1.54) is 18.1 Å². The van der Waals surface area contributed by atoms with Gasteiger partial charge in [0.2, 0.25) is 0 Å². The largest absolute Gasteiger partial charge is 0.469 e. The molecule has 0 radical (unpaired) electrons. The number of carbonyl (C=O) groups excluding carboxylic acids is 3. The van der Waals surface area contributed by atoms with Gasteiger partial charge in [0.15, 0.2) is 14.4 Å². The number of allylic oxidation sites excluding steroid dienone is 4. The number of esters is 1. The molecule has 10 nitrogen and oxygen atoms in total. The molecule has 3 atom stereocenters. The van der Waals surface area contributed by atoms with Crippen molar-refractivity contribution < 1.29 is 36.7 Å². The number of nitrogens with zero attached hydrogens (tertiary/aromatic N) is 3. The maximum absolute atomic E-state index is 15.0. The zero-order valence-electron chi connectivity index (χ0n) is 37.4. The first-order valence-corrected chi connectivity index (χ1v) is 25.0. The van der Waals surface area contributed by atoms with Gasteiger partial charge in [0.25, 0.3) is 11.8 Å². The van der Waals surface area contributed by atoms with Gasteiger partial charge in [0.1, 0.15) is 0 Å². The minimum Gasteiger partial charge on any atom is -0.469 e. The van der Waals surface area contributed by atoms with Crippen molar-refractivity contribution in [3.8, 4) is 0 Å². The first-order valence-electron chi connectivity index (χ1n) is 21.6. The van der Waals surface area contributed by atoms with Crippen molar-refractivity contribution in [3.63, 3.8) is 0 Å². The first-order chi connectivity index (χ1) is 28.8. The van der Waals surface area contributed by atoms with Gasteiger partial charge in [-0.25, -0.2) is 9.97 Å². The highest BCUT2D eigenvalue weighted by atomic mass is 28.4. The summed E-state index contributed by atoms with van der Waals surface area (Å²) in [7, 11) is -1.38. The number of methoxy groups -OCH3 is 1. The number of hydrogen-bond donors (Lipinski definition) is 2. The summed E-state index contributed by atoms with van der Waals surface area (Å²) < 4.78 is 55.0. The zero-order valence-corrected chi connectivity index (χ0v) is 38.4. The third kappa shape index (κ3) is 8.93. The van der Waals surface area contributed by atoms with Crippen molar-refractivity contribution in [3.05, 3.63) is 74.6 Å². The van der Waals surface area contributed by atoms with Gasteiger partial charge >= 0.3 is 12.1 Å². The Bertz CT molecular complexity index is 2420. The van der Waals surface area contributed by atoms with E-state index in [4.69, 9.17) is 19.1 Å². The van der Waals surface area contributed by atoms with Crippen LogP contribution in [0, 0.1) is 6.92 Å². The van der Waals surface area contributed by atoms with Gasteiger partial charge in [-0.05, 0) is 112 Å². The van der Waals surface area contributed by atoms with Crippen LogP contribution in [0.15, 0.2) is 18.2 Å². The number of ether oxygens (including phenoxy) is 1.